The Balaban J connectivity index is 2.09. The van der Waals surface area contributed by atoms with Crippen LogP contribution in [0.2, 0.25) is 0 Å². The molecule has 2 aliphatic heterocycles. The first-order valence-electron chi connectivity index (χ1n) is 11.2. The molecule has 1 unspecified atom stereocenters. The van der Waals surface area contributed by atoms with Gasteiger partial charge in [-0.05, 0) is 44.9 Å². The van der Waals surface area contributed by atoms with Gasteiger partial charge in [-0.2, -0.15) is 0 Å². The van der Waals surface area contributed by atoms with Crippen LogP contribution in [0.3, 0.4) is 0 Å². The summed E-state index contributed by atoms with van der Waals surface area (Å²) in [7, 11) is 2.98. The minimum absolute atomic E-state index is 0.0849. The zero-order valence-electron chi connectivity index (χ0n) is 20.4. The average Bonchev–Trinajstić information content (AvgIpc) is 3.09. The van der Waals surface area contributed by atoms with Gasteiger partial charge in [-0.1, -0.05) is 19.1 Å². The molecule has 2 aliphatic rings. The smallest absolute Gasteiger partial charge is 0.342 e. The van der Waals surface area contributed by atoms with Gasteiger partial charge in [0.1, 0.15) is 41.2 Å². The molecular weight excluding hydrogens is 447 g/mol. The van der Waals surface area contributed by atoms with E-state index in [0.29, 0.717) is 17.7 Å². The second-order valence-electron chi connectivity index (χ2n) is 8.88. The van der Waals surface area contributed by atoms with Crippen molar-refractivity contribution in [2.45, 2.75) is 64.3 Å². The molecule has 2 heterocycles. The second kappa shape index (κ2) is 10.9. The molecule has 1 fully saturated rings. The van der Waals surface area contributed by atoms with E-state index in [4.69, 9.17) is 28.4 Å². The number of hydrogen-bond donors (Lipinski definition) is 1. The Labute approximate surface area is 199 Å². The Morgan fingerprint density at radius 3 is 2.62 bits per heavy atom. The third kappa shape index (κ3) is 5.96. The summed E-state index contributed by atoms with van der Waals surface area (Å²) in [5, 5.41) is 10.7. The van der Waals surface area contributed by atoms with Crippen molar-refractivity contribution in [2.75, 3.05) is 21.0 Å². The molecule has 1 aromatic rings. The topological polar surface area (TPSA) is 92.7 Å². The number of carbonyl (C=O) groups is 1. The number of hydrogen-bond acceptors (Lipinski definition) is 8. The van der Waals surface area contributed by atoms with Gasteiger partial charge < -0.3 is 33.5 Å². The SMILES string of the molecule is COCOc1cc(OC)cc2c1C(=O)O[C@@H](C)[C@H](C)/C=C(/F)C(O)[C@H]1OC(C)(C)O[C@H]1CC=C2. The first-order valence-corrected chi connectivity index (χ1v) is 11.2. The van der Waals surface area contributed by atoms with Crippen LogP contribution in [0.5, 0.6) is 11.5 Å². The molecule has 5 atom stereocenters. The summed E-state index contributed by atoms with van der Waals surface area (Å²) in [4.78, 5) is 13.2. The molecule has 0 aromatic heterocycles. The Kier molecular flexibility index (Phi) is 8.35. The molecule has 0 radical (unpaired) electrons. The predicted molar refractivity (Wildman–Crippen MR) is 122 cm³/mol. The lowest BCUT2D eigenvalue weighted by molar-refractivity contribution is -0.153. The van der Waals surface area contributed by atoms with Crippen molar-refractivity contribution in [1.82, 2.24) is 0 Å². The Hall–Kier alpha value is -2.46. The third-order valence-electron chi connectivity index (χ3n) is 5.81. The molecule has 1 saturated heterocycles. The number of fused-ring (bicyclic) bond motifs is 2. The van der Waals surface area contributed by atoms with Gasteiger partial charge in [0.2, 0.25) is 0 Å². The molecule has 0 aliphatic carbocycles. The number of carbonyl (C=O) groups excluding carboxylic acids is 1. The molecule has 0 bridgehead atoms. The highest BCUT2D eigenvalue weighted by Gasteiger charge is 2.45. The normalized spacial score (nSPS) is 30.9. The number of methoxy groups -OCH3 is 2. The lowest BCUT2D eigenvalue weighted by Crippen LogP contribution is -2.36. The minimum atomic E-state index is -1.52. The van der Waals surface area contributed by atoms with E-state index in [0.717, 1.165) is 0 Å². The van der Waals surface area contributed by atoms with E-state index in [1.807, 2.05) is 0 Å². The molecule has 0 spiro atoms. The number of rotatable bonds is 4. The molecule has 34 heavy (non-hydrogen) atoms. The molecule has 8 nitrogen and oxygen atoms in total. The molecule has 1 N–H and O–H groups in total. The molecular formula is C25H33FO8. The van der Waals surface area contributed by atoms with Crippen molar-refractivity contribution in [3.05, 3.63) is 41.2 Å². The van der Waals surface area contributed by atoms with E-state index < -0.39 is 47.9 Å². The van der Waals surface area contributed by atoms with Crippen LogP contribution in [0.1, 0.15) is 50.0 Å². The van der Waals surface area contributed by atoms with Crippen LogP contribution < -0.4 is 9.47 Å². The van der Waals surface area contributed by atoms with Crippen LogP contribution >= 0.6 is 0 Å². The first-order chi connectivity index (χ1) is 16.1. The predicted octanol–water partition coefficient (Wildman–Crippen LogP) is 4.01. The van der Waals surface area contributed by atoms with E-state index in [2.05, 4.69) is 0 Å². The maximum Gasteiger partial charge on any atom is 0.342 e. The van der Waals surface area contributed by atoms with E-state index in [1.165, 1.54) is 20.3 Å². The largest absolute Gasteiger partial charge is 0.497 e. The summed E-state index contributed by atoms with van der Waals surface area (Å²) in [5.74, 6) is -2.21. The summed E-state index contributed by atoms with van der Waals surface area (Å²) in [6.45, 7) is 6.69. The highest BCUT2D eigenvalue weighted by atomic mass is 19.1. The summed E-state index contributed by atoms with van der Waals surface area (Å²) in [6, 6.07) is 3.27. The van der Waals surface area contributed by atoms with Crippen LogP contribution in [-0.2, 0) is 18.9 Å². The maximum absolute atomic E-state index is 15.0. The van der Waals surface area contributed by atoms with Gasteiger partial charge in [-0.25, -0.2) is 9.18 Å². The molecule has 9 heteroatoms. The highest BCUT2D eigenvalue weighted by Crippen LogP contribution is 2.36. The first kappa shape index (κ1) is 26.2. The summed E-state index contributed by atoms with van der Waals surface area (Å²) < 4.78 is 48.4. The Morgan fingerprint density at radius 1 is 1.21 bits per heavy atom. The van der Waals surface area contributed by atoms with Crippen molar-refractivity contribution < 1.29 is 42.7 Å². The summed E-state index contributed by atoms with van der Waals surface area (Å²) in [5.41, 5.74) is 0.694. The van der Waals surface area contributed by atoms with Gasteiger partial charge in [0, 0.05) is 19.1 Å². The fraction of sp³-hybridized carbons (Fsp3) is 0.560. The zero-order valence-corrected chi connectivity index (χ0v) is 20.4. The Morgan fingerprint density at radius 2 is 1.94 bits per heavy atom. The number of cyclic esters (lactones) is 1. The fourth-order valence-corrected chi connectivity index (χ4v) is 3.93. The van der Waals surface area contributed by atoms with Crippen molar-refractivity contribution >= 4 is 12.0 Å². The van der Waals surface area contributed by atoms with Gasteiger partial charge in [0.15, 0.2) is 12.6 Å². The van der Waals surface area contributed by atoms with E-state index in [1.54, 1.807) is 52.0 Å². The van der Waals surface area contributed by atoms with Crippen LogP contribution in [0.25, 0.3) is 6.08 Å². The number of benzene rings is 1. The van der Waals surface area contributed by atoms with Crippen LogP contribution in [0, 0.1) is 5.92 Å². The summed E-state index contributed by atoms with van der Waals surface area (Å²) >= 11 is 0. The van der Waals surface area contributed by atoms with Gasteiger partial charge in [0.05, 0.1) is 13.2 Å². The van der Waals surface area contributed by atoms with Crippen LogP contribution in [-0.4, -0.2) is 62.3 Å². The van der Waals surface area contributed by atoms with Gasteiger partial charge >= 0.3 is 5.97 Å². The maximum atomic E-state index is 15.0. The van der Waals surface area contributed by atoms with Crippen molar-refractivity contribution in [2.24, 2.45) is 5.92 Å². The zero-order chi connectivity index (χ0) is 25.0. The molecule has 1 aromatic carbocycles. The second-order valence-corrected chi connectivity index (χ2v) is 8.88. The van der Waals surface area contributed by atoms with Gasteiger partial charge in [-0.3, -0.25) is 0 Å². The molecule has 0 saturated carbocycles. The third-order valence-corrected chi connectivity index (χ3v) is 5.81. The van der Waals surface area contributed by atoms with Gasteiger partial charge in [0.25, 0.3) is 0 Å². The number of halogens is 1. The van der Waals surface area contributed by atoms with Gasteiger partial charge in [-0.15, -0.1) is 0 Å². The van der Waals surface area contributed by atoms with Crippen LogP contribution in [0.4, 0.5) is 4.39 Å². The highest BCUT2D eigenvalue weighted by molar-refractivity contribution is 5.97. The van der Waals surface area contributed by atoms with Crippen molar-refractivity contribution in [1.29, 1.82) is 0 Å². The molecule has 0 amide bonds. The monoisotopic (exact) mass is 480 g/mol. The standard InChI is InChI=1S/C25H33FO8/c1-14-10-18(26)22(27)23-19(33-25(3,4)34-23)9-7-8-16-11-17(30-6)12-20(31-13-29-5)21(16)24(28)32-15(14)2/h7-8,10-12,14-15,19,22-23,27H,9,13H2,1-6H3/b8-7?,18-10+/t14-,15+,19+,22?,23+/m1/s1. The van der Waals surface area contributed by atoms with E-state index in [-0.39, 0.29) is 18.1 Å². The lowest BCUT2D eigenvalue weighted by Gasteiger charge is -2.24. The number of aliphatic hydroxyl groups is 1. The average molecular weight is 481 g/mol. The number of ether oxygens (including phenoxy) is 6. The number of esters is 1. The minimum Gasteiger partial charge on any atom is -0.497 e. The van der Waals surface area contributed by atoms with E-state index >= 15 is 0 Å². The quantitative estimate of drug-likeness (QED) is 0.511. The van der Waals surface area contributed by atoms with Crippen molar-refractivity contribution in [3.63, 3.8) is 0 Å². The van der Waals surface area contributed by atoms with Crippen LogP contribution in [0.15, 0.2) is 30.1 Å². The summed E-state index contributed by atoms with van der Waals surface area (Å²) in [6.07, 6.45) is 1.28. The number of aliphatic hydroxyl groups excluding tert-OH is 1. The van der Waals surface area contributed by atoms with Crippen molar-refractivity contribution in [3.8, 4) is 11.5 Å². The van der Waals surface area contributed by atoms with E-state index in [9.17, 15) is 14.3 Å². The molecule has 188 valence electrons. The fourth-order valence-electron chi connectivity index (χ4n) is 3.93. The molecule has 3 rings (SSSR count). The lowest BCUT2D eigenvalue weighted by atomic mass is 9.98. The Bertz CT molecular complexity index is 941.